The second-order valence-electron chi connectivity index (χ2n) is 24.7. The molecule has 15 rings (SSSR count). The maximum absolute atomic E-state index is 2.65. The minimum Gasteiger partial charge on any atom is -0.311 e. The van der Waals surface area contributed by atoms with Crippen LogP contribution in [0.1, 0.15) is 91.6 Å². The molecule has 11 aromatic rings. The Morgan fingerprint density at radius 1 is 0.397 bits per heavy atom. The first-order valence-corrected chi connectivity index (χ1v) is 28.7. The minimum absolute atomic E-state index is 0.0138. The van der Waals surface area contributed by atoms with Crippen molar-refractivity contribution >= 4 is 78.0 Å². The Kier molecular flexibility index (Phi) is 10.1. The molecule has 0 fully saturated rings. The van der Waals surface area contributed by atoms with E-state index < -0.39 is 5.41 Å². The van der Waals surface area contributed by atoms with E-state index >= 15 is 0 Å². The molecule has 10 aromatic carbocycles. The lowest BCUT2D eigenvalue weighted by atomic mass is 9.36. The van der Waals surface area contributed by atoms with Crippen molar-refractivity contribution in [3.05, 3.63) is 256 Å². The SMILES string of the molecule is Cc1ccc(-c2ccccc2)c(-c2ccc3c(c2)N(c2ccc(C(C)(C)C)cc2)c2cc(C)cc4c2B3c2sc3cc5c(cc3c2N4c2ccc(C(C)(C)C)cc2)-c2ccc(C)cc2C52c3ccccc3-c3ccccc32)c1. The first-order valence-electron chi connectivity index (χ1n) is 27.8. The van der Waals surface area contributed by atoms with Gasteiger partial charge in [0.1, 0.15) is 0 Å². The van der Waals surface area contributed by atoms with Gasteiger partial charge in [0.2, 0.25) is 0 Å². The molecule has 0 N–H and O–H groups in total. The van der Waals surface area contributed by atoms with Crippen molar-refractivity contribution in [2.75, 3.05) is 9.80 Å². The second-order valence-corrected chi connectivity index (χ2v) is 25.8. The molecule has 3 heterocycles. The van der Waals surface area contributed by atoms with Gasteiger partial charge in [-0.25, -0.2) is 0 Å². The molecular weight excluding hydrogens is 960 g/mol. The van der Waals surface area contributed by atoms with Crippen LogP contribution < -0.4 is 25.5 Å². The highest BCUT2D eigenvalue weighted by atomic mass is 32.1. The Labute approximate surface area is 464 Å². The van der Waals surface area contributed by atoms with E-state index in [0.717, 1.165) is 5.69 Å². The van der Waals surface area contributed by atoms with Crippen LogP contribution in [0.4, 0.5) is 34.1 Å². The van der Waals surface area contributed by atoms with E-state index in [1.54, 1.807) is 0 Å². The van der Waals surface area contributed by atoms with Crippen LogP contribution in [0, 0.1) is 20.8 Å². The van der Waals surface area contributed by atoms with E-state index in [4.69, 9.17) is 0 Å². The fourth-order valence-corrected chi connectivity index (χ4v) is 15.4. The number of rotatable bonds is 4. The van der Waals surface area contributed by atoms with Crippen LogP contribution in [0.25, 0.3) is 54.6 Å². The van der Waals surface area contributed by atoms with Crippen molar-refractivity contribution in [3.8, 4) is 44.5 Å². The number of benzene rings is 10. The van der Waals surface area contributed by atoms with E-state index in [2.05, 4.69) is 278 Å². The lowest BCUT2D eigenvalue weighted by Crippen LogP contribution is -2.60. The third-order valence-corrected chi connectivity index (χ3v) is 18.9. The van der Waals surface area contributed by atoms with Gasteiger partial charge in [0.15, 0.2) is 0 Å². The van der Waals surface area contributed by atoms with Gasteiger partial charge in [0.05, 0.1) is 11.1 Å². The quantitative estimate of drug-likeness (QED) is 0.162. The van der Waals surface area contributed by atoms with Gasteiger partial charge in [-0.15, -0.1) is 11.3 Å². The number of thiophene rings is 1. The lowest BCUT2D eigenvalue weighted by Gasteiger charge is -2.43. The molecule has 78 heavy (non-hydrogen) atoms. The molecular formula is C74H61BN2S. The van der Waals surface area contributed by atoms with Gasteiger partial charge in [0, 0.05) is 43.3 Å². The highest BCUT2D eigenvalue weighted by Gasteiger charge is 2.53. The van der Waals surface area contributed by atoms with Crippen LogP contribution in [0.15, 0.2) is 206 Å². The van der Waals surface area contributed by atoms with Gasteiger partial charge in [-0.1, -0.05) is 204 Å². The summed E-state index contributed by atoms with van der Waals surface area (Å²) in [5, 5.41) is 1.30. The number of hydrogen-bond donors (Lipinski definition) is 0. The topological polar surface area (TPSA) is 6.48 Å². The molecule has 4 aliphatic rings. The third-order valence-electron chi connectivity index (χ3n) is 17.7. The molecule has 2 nitrogen and oxygen atoms in total. The molecule has 0 atom stereocenters. The Bertz CT molecular complexity index is 4270. The maximum Gasteiger partial charge on any atom is 0.264 e. The zero-order valence-corrected chi connectivity index (χ0v) is 46.8. The van der Waals surface area contributed by atoms with Crippen molar-refractivity contribution in [1.29, 1.82) is 0 Å². The molecule has 0 saturated carbocycles. The molecule has 0 radical (unpaired) electrons. The molecule has 1 aromatic heterocycles. The Morgan fingerprint density at radius 2 is 0.949 bits per heavy atom. The fourth-order valence-electron chi connectivity index (χ4n) is 14.1. The van der Waals surface area contributed by atoms with Crippen LogP contribution in [-0.4, -0.2) is 6.71 Å². The van der Waals surface area contributed by atoms with Gasteiger partial charge in [-0.3, -0.25) is 0 Å². The highest BCUT2D eigenvalue weighted by molar-refractivity contribution is 7.33. The molecule has 0 bridgehead atoms. The normalized spacial score (nSPS) is 14.2. The number of anilines is 6. The first kappa shape index (κ1) is 47.1. The Morgan fingerprint density at radius 3 is 1.59 bits per heavy atom. The molecule has 0 unspecified atom stereocenters. The average Bonchev–Trinajstić information content (AvgIpc) is 3.13. The second kappa shape index (κ2) is 16.7. The zero-order valence-electron chi connectivity index (χ0n) is 46.0. The Balaban J connectivity index is 1.04. The monoisotopic (exact) mass is 1020 g/mol. The maximum atomic E-state index is 2.65. The molecule has 1 spiro atoms. The standard InChI is InChI=1S/C74H61BN2S/c1-44-23-34-53(47-17-11-10-12-18-47)57(37-44)48-25-36-64-65(41-48)76(51-30-26-49(27-31-51)72(4,5)6)66-39-46(3)40-67-69(66)75(64)71-70(77(67)52-32-28-50(29-33-52)73(7,8)9)59-42-58-56-35-24-45(2)38-62(56)74(63(58)43-68(59)78-71)60-21-15-13-19-54(60)55-20-14-16-22-61(55)74/h10-43H,1-9H3. The Hall–Kier alpha value is -8.18. The third kappa shape index (κ3) is 6.69. The van der Waals surface area contributed by atoms with Gasteiger partial charge < -0.3 is 9.80 Å². The number of nitrogens with zero attached hydrogens (tertiary/aromatic N) is 2. The molecule has 2 aliphatic heterocycles. The summed E-state index contributed by atoms with van der Waals surface area (Å²) in [6.45, 7) is 20.6. The summed E-state index contributed by atoms with van der Waals surface area (Å²) in [4.78, 5) is 5.24. The summed E-state index contributed by atoms with van der Waals surface area (Å²) in [5.74, 6) is 0. The van der Waals surface area contributed by atoms with E-state index in [1.165, 1.54) is 149 Å². The summed E-state index contributed by atoms with van der Waals surface area (Å²) < 4.78 is 2.70. The molecule has 2 aliphatic carbocycles. The van der Waals surface area contributed by atoms with Crippen LogP contribution in [-0.2, 0) is 16.2 Å². The van der Waals surface area contributed by atoms with Gasteiger partial charge in [-0.05, 0) is 181 Å². The molecule has 4 heteroatoms. The summed E-state index contributed by atoms with van der Waals surface area (Å²) in [5.41, 5.74) is 31.8. The van der Waals surface area contributed by atoms with Crippen molar-refractivity contribution in [3.63, 3.8) is 0 Å². The largest absolute Gasteiger partial charge is 0.311 e. The average molecular weight is 1020 g/mol. The van der Waals surface area contributed by atoms with Crippen molar-refractivity contribution in [2.24, 2.45) is 0 Å². The molecule has 0 saturated heterocycles. The summed E-state index contributed by atoms with van der Waals surface area (Å²) in [7, 11) is 0. The van der Waals surface area contributed by atoms with Crippen LogP contribution in [0.5, 0.6) is 0 Å². The predicted molar refractivity (Wildman–Crippen MR) is 335 cm³/mol. The predicted octanol–water partition coefficient (Wildman–Crippen LogP) is 18.2. The lowest BCUT2D eigenvalue weighted by molar-refractivity contribution is 0.590. The van der Waals surface area contributed by atoms with Crippen molar-refractivity contribution < 1.29 is 0 Å². The number of hydrogen-bond acceptors (Lipinski definition) is 3. The fraction of sp³-hybridized carbons (Fsp3) is 0.162. The molecule has 0 amide bonds. The smallest absolute Gasteiger partial charge is 0.264 e. The van der Waals surface area contributed by atoms with Crippen LogP contribution >= 0.6 is 11.3 Å². The number of aryl methyl sites for hydroxylation is 3. The number of fused-ring (bicyclic) bond motifs is 16. The van der Waals surface area contributed by atoms with Gasteiger partial charge >= 0.3 is 0 Å². The summed E-state index contributed by atoms with van der Waals surface area (Å²) in [6, 6.07) is 79.9. The van der Waals surface area contributed by atoms with Gasteiger partial charge in [0.25, 0.3) is 6.71 Å². The first-order chi connectivity index (χ1) is 37.7. The van der Waals surface area contributed by atoms with E-state index in [-0.39, 0.29) is 17.5 Å². The van der Waals surface area contributed by atoms with E-state index in [0.29, 0.717) is 0 Å². The summed E-state index contributed by atoms with van der Waals surface area (Å²) in [6.07, 6.45) is 0. The van der Waals surface area contributed by atoms with Crippen molar-refractivity contribution in [1.82, 2.24) is 0 Å². The zero-order chi connectivity index (χ0) is 53.1. The highest BCUT2D eigenvalue weighted by Crippen LogP contribution is 2.64. The van der Waals surface area contributed by atoms with Crippen LogP contribution in [0.2, 0.25) is 0 Å². The van der Waals surface area contributed by atoms with Crippen LogP contribution in [0.3, 0.4) is 0 Å². The molecule has 376 valence electrons. The minimum atomic E-state index is -0.441. The van der Waals surface area contributed by atoms with Gasteiger partial charge in [-0.2, -0.15) is 0 Å². The summed E-state index contributed by atoms with van der Waals surface area (Å²) >= 11 is 2.01. The van der Waals surface area contributed by atoms with E-state index in [9.17, 15) is 0 Å². The van der Waals surface area contributed by atoms with Crippen molar-refractivity contribution in [2.45, 2.75) is 78.6 Å². The van der Waals surface area contributed by atoms with E-state index in [1.807, 2.05) is 11.3 Å².